The van der Waals surface area contributed by atoms with E-state index in [9.17, 15) is 14.5 Å². The highest BCUT2D eigenvalue weighted by atomic mass is 32.1. The highest BCUT2D eigenvalue weighted by Gasteiger charge is 2.30. The molecule has 4 rings (SSSR count). The van der Waals surface area contributed by atoms with Crippen molar-refractivity contribution in [3.8, 4) is 38.8 Å². The van der Waals surface area contributed by atoms with Crippen molar-refractivity contribution >= 4 is 35.8 Å². The first-order chi connectivity index (χ1) is 18.6. The number of anilines is 1. The van der Waals surface area contributed by atoms with Gasteiger partial charge in [0.25, 0.3) is 0 Å². The van der Waals surface area contributed by atoms with E-state index in [4.69, 9.17) is 18.7 Å². The SMILES string of the molecule is COc1cc(-c2ccc(-c3cc(NP(=O)(OC)c4ccc(C)cc4C)c(C(=O)O)s3)cc2)cc(OC)c1OC. The Morgan fingerprint density at radius 3 is 1.95 bits per heavy atom. The smallest absolute Gasteiger partial charge is 0.348 e. The van der Waals surface area contributed by atoms with Crippen LogP contribution in [0.25, 0.3) is 21.6 Å². The molecule has 0 amide bonds. The fourth-order valence-electron chi connectivity index (χ4n) is 4.35. The van der Waals surface area contributed by atoms with Gasteiger partial charge in [0.2, 0.25) is 5.75 Å². The number of methoxy groups -OCH3 is 3. The van der Waals surface area contributed by atoms with Crippen LogP contribution in [0.3, 0.4) is 0 Å². The maximum absolute atomic E-state index is 13.8. The van der Waals surface area contributed by atoms with E-state index in [0.717, 1.165) is 39.2 Å². The first-order valence-electron chi connectivity index (χ1n) is 11.9. The fraction of sp³-hybridized carbons (Fsp3) is 0.207. The van der Waals surface area contributed by atoms with Crippen LogP contribution in [0.2, 0.25) is 0 Å². The van der Waals surface area contributed by atoms with Crippen LogP contribution in [0.5, 0.6) is 17.2 Å². The van der Waals surface area contributed by atoms with Gasteiger partial charge < -0.3 is 28.9 Å². The lowest BCUT2D eigenvalue weighted by Crippen LogP contribution is -2.17. The number of rotatable bonds is 10. The van der Waals surface area contributed by atoms with Crippen LogP contribution in [-0.4, -0.2) is 39.5 Å². The Labute approximate surface area is 231 Å². The molecule has 1 aromatic heterocycles. The van der Waals surface area contributed by atoms with Crippen LogP contribution >= 0.6 is 18.9 Å². The van der Waals surface area contributed by atoms with E-state index in [1.54, 1.807) is 33.5 Å². The van der Waals surface area contributed by atoms with Gasteiger partial charge in [-0.1, -0.05) is 42.0 Å². The Balaban J connectivity index is 1.69. The average molecular weight is 568 g/mol. The number of aromatic carboxylic acids is 1. The third-order valence-electron chi connectivity index (χ3n) is 6.29. The summed E-state index contributed by atoms with van der Waals surface area (Å²) in [5, 5.41) is 13.3. The first kappa shape index (κ1) is 28.2. The molecule has 1 heterocycles. The van der Waals surface area contributed by atoms with Gasteiger partial charge >= 0.3 is 13.5 Å². The minimum absolute atomic E-state index is 0.0424. The van der Waals surface area contributed by atoms with Gasteiger partial charge in [0.15, 0.2) is 11.5 Å². The Bertz CT molecular complexity index is 1540. The minimum atomic E-state index is -3.59. The Kier molecular flexibility index (Phi) is 8.35. The molecule has 1 atom stereocenters. The average Bonchev–Trinajstić information content (AvgIpc) is 3.35. The van der Waals surface area contributed by atoms with Gasteiger partial charge in [-0.3, -0.25) is 4.57 Å². The summed E-state index contributed by atoms with van der Waals surface area (Å²) in [6, 6.07) is 18.6. The molecule has 0 aliphatic heterocycles. The molecule has 0 aliphatic rings. The Hall–Kier alpha value is -3.78. The molecule has 0 bridgehead atoms. The molecule has 10 heteroatoms. The summed E-state index contributed by atoms with van der Waals surface area (Å²) < 4.78 is 35.6. The molecular formula is C29H30NO7PS. The maximum atomic E-state index is 13.8. The zero-order valence-corrected chi connectivity index (χ0v) is 24.2. The second-order valence-corrected chi connectivity index (χ2v) is 12.0. The minimum Gasteiger partial charge on any atom is -0.493 e. The van der Waals surface area contributed by atoms with Crippen LogP contribution < -0.4 is 24.6 Å². The van der Waals surface area contributed by atoms with Gasteiger partial charge in [-0.05, 0) is 60.4 Å². The van der Waals surface area contributed by atoms with Crippen molar-refractivity contribution in [2.75, 3.05) is 33.5 Å². The molecule has 0 saturated carbocycles. The van der Waals surface area contributed by atoms with E-state index in [2.05, 4.69) is 5.09 Å². The second kappa shape index (κ2) is 11.5. The molecule has 0 fully saturated rings. The van der Waals surface area contributed by atoms with E-state index in [1.165, 1.54) is 7.11 Å². The van der Waals surface area contributed by atoms with Gasteiger partial charge in [0, 0.05) is 12.0 Å². The molecule has 1 unspecified atom stereocenters. The number of nitrogens with one attached hydrogen (secondary N) is 1. The monoisotopic (exact) mass is 567 g/mol. The topological polar surface area (TPSA) is 103 Å². The molecule has 3 aromatic carbocycles. The quantitative estimate of drug-likeness (QED) is 0.198. The molecule has 39 heavy (non-hydrogen) atoms. The van der Waals surface area contributed by atoms with E-state index < -0.39 is 13.5 Å². The molecule has 204 valence electrons. The third-order valence-corrected chi connectivity index (χ3v) is 9.65. The van der Waals surface area contributed by atoms with Crippen LogP contribution in [0.1, 0.15) is 20.8 Å². The number of carboxylic acid groups (broad SMARTS) is 1. The Morgan fingerprint density at radius 1 is 0.821 bits per heavy atom. The summed E-state index contributed by atoms with van der Waals surface area (Å²) in [6.45, 7) is 3.80. The normalized spacial score (nSPS) is 12.5. The molecule has 2 N–H and O–H groups in total. The van der Waals surface area contributed by atoms with Crippen LogP contribution in [0.15, 0.2) is 60.7 Å². The van der Waals surface area contributed by atoms with Crippen molar-refractivity contribution in [3.63, 3.8) is 0 Å². The summed E-state index contributed by atoms with van der Waals surface area (Å²) in [5.74, 6) is 0.477. The van der Waals surface area contributed by atoms with E-state index in [1.807, 2.05) is 62.4 Å². The number of carbonyl (C=O) groups is 1. The summed E-state index contributed by atoms with van der Waals surface area (Å²) in [5.41, 5.74) is 4.64. The predicted octanol–water partition coefficient (Wildman–Crippen LogP) is 7.00. The lowest BCUT2D eigenvalue weighted by molar-refractivity contribution is 0.0703. The highest BCUT2D eigenvalue weighted by Crippen LogP contribution is 2.49. The van der Waals surface area contributed by atoms with Gasteiger partial charge in [-0.15, -0.1) is 11.3 Å². The molecule has 0 spiro atoms. The van der Waals surface area contributed by atoms with Gasteiger partial charge in [0.1, 0.15) is 4.88 Å². The van der Waals surface area contributed by atoms with Crippen molar-refractivity contribution in [1.82, 2.24) is 0 Å². The van der Waals surface area contributed by atoms with Crippen molar-refractivity contribution < 1.29 is 33.2 Å². The van der Waals surface area contributed by atoms with Gasteiger partial charge in [-0.25, -0.2) is 4.79 Å². The van der Waals surface area contributed by atoms with Crippen molar-refractivity contribution in [2.24, 2.45) is 0 Å². The van der Waals surface area contributed by atoms with Crippen LogP contribution in [0.4, 0.5) is 5.69 Å². The van der Waals surface area contributed by atoms with Crippen LogP contribution in [-0.2, 0) is 9.09 Å². The molecule has 0 radical (unpaired) electrons. The summed E-state index contributed by atoms with van der Waals surface area (Å²) >= 11 is 1.10. The van der Waals surface area contributed by atoms with Crippen molar-refractivity contribution in [1.29, 1.82) is 0 Å². The standard InChI is InChI=1S/C29H30NO7PS/c1-17-7-12-25(18(2)13-17)38(33,37-6)30-22-16-26(39-28(22)29(31)32)20-10-8-19(9-11-20)21-14-23(34-3)27(36-5)24(15-21)35-4/h7-16H,1-6H3,(H,30,33)(H,31,32). The molecular weight excluding hydrogens is 537 g/mol. The molecule has 0 aliphatic carbocycles. The van der Waals surface area contributed by atoms with Crippen molar-refractivity contribution in [3.05, 3.63) is 76.7 Å². The zero-order chi connectivity index (χ0) is 28.3. The lowest BCUT2D eigenvalue weighted by Gasteiger charge is -2.20. The van der Waals surface area contributed by atoms with E-state index >= 15 is 0 Å². The molecule has 8 nitrogen and oxygen atoms in total. The molecule has 4 aromatic rings. The third kappa shape index (κ3) is 5.66. The van der Waals surface area contributed by atoms with E-state index in [-0.39, 0.29) is 10.6 Å². The van der Waals surface area contributed by atoms with Crippen molar-refractivity contribution in [2.45, 2.75) is 13.8 Å². The number of carboxylic acids is 1. The highest BCUT2D eigenvalue weighted by molar-refractivity contribution is 7.68. The van der Waals surface area contributed by atoms with Crippen LogP contribution in [0, 0.1) is 13.8 Å². The molecule has 0 saturated heterocycles. The second-order valence-electron chi connectivity index (χ2n) is 8.79. The number of hydrogen-bond donors (Lipinski definition) is 2. The largest absolute Gasteiger partial charge is 0.493 e. The predicted molar refractivity (Wildman–Crippen MR) is 156 cm³/mol. The van der Waals surface area contributed by atoms with Gasteiger partial charge in [-0.2, -0.15) is 0 Å². The maximum Gasteiger partial charge on any atom is 0.348 e. The number of ether oxygens (including phenoxy) is 3. The summed E-state index contributed by atoms with van der Waals surface area (Å²) in [6.07, 6.45) is 0. The number of benzene rings is 3. The summed E-state index contributed by atoms with van der Waals surface area (Å²) in [4.78, 5) is 12.9. The first-order valence-corrected chi connectivity index (χ1v) is 14.4. The summed E-state index contributed by atoms with van der Waals surface area (Å²) in [7, 11) is 2.44. The number of aryl methyl sites for hydroxylation is 2. The number of thiophene rings is 1. The zero-order valence-electron chi connectivity index (χ0n) is 22.5. The van der Waals surface area contributed by atoms with E-state index in [0.29, 0.717) is 27.4 Å². The fourth-order valence-corrected chi connectivity index (χ4v) is 7.08. The Morgan fingerprint density at radius 2 is 1.44 bits per heavy atom. The van der Waals surface area contributed by atoms with Gasteiger partial charge in [0.05, 0.1) is 32.3 Å². The lowest BCUT2D eigenvalue weighted by atomic mass is 10.0. The number of hydrogen-bond acceptors (Lipinski definition) is 7.